The van der Waals surface area contributed by atoms with Gasteiger partial charge in [-0.15, -0.1) is 11.3 Å². The molecule has 1 amide bonds. The van der Waals surface area contributed by atoms with Gasteiger partial charge in [-0.05, 0) is 54.8 Å². The Hall–Kier alpha value is -2.77. The topological polar surface area (TPSA) is 60.9 Å². The van der Waals surface area contributed by atoms with Crippen molar-refractivity contribution in [1.29, 1.82) is 0 Å². The zero-order valence-corrected chi connectivity index (χ0v) is 19.2. The number of hydrogen-bond acceptors (Lipinski definition) is 6. The van der Waals surface area contributed by atoms with E-state index in [9.17, 15) is 4.79 Å². The number of amides is 1. The molecule has 0 radical (unpaired) electrons. The summed E-state index contributed by atoms with van der Waals surface area (Å²) in [6.07, 6.45) is 5.23. The van der Waals surface area contributed by atoms with Gasteiger partial charge in [0.2, 0.25) is 11.7 Å². The summed E-state index contributed by atoms with van der Waals surface area (Å²) >= 11 is 7.81. The monoisotopic (exact) mass is 470 g/mol. The molecule has 0 saturated carbocycles. The molecule has 0 N–H and O–H groups in total. The molecule has 1 aromatic heterocycles. The molecule has 0 unspecified atom stereocenters. The summed E-state index contributed by atoms with van der Waals surface area (Å²) in [6, 6.07) is 9.55. The summed E-state index contributed by atoms with van der Waals surface area (Å²) in [5, 5.41) is 1.84. The third kappa shape index (κ3) is 4.27. The van der Waals surface area contributed by atoms with Gasteiger partial charge in [0.05, 0.1) is 22.3 Å². The molecule has 3 aromatic rings. The first kappa shape index (κ1) is 21.1. The number of piperidine rings is 1. The van der Waals surface area contributed by atoms with Gasteiger partial charge in [-0.25, -0.2) is 4.98 Å². The van der Waals surface area contributed by atoms with Crippen molar-refractivity contribution in [3.8, 4) is 17.2 Å². The molecule has 32 heavy (non-hydrogen) atoms. The number of aromatic nitrogens is 1. The number of hydrogen-bond donors (Lipinski definition) is 0. The summed E-state index contributed by atoms with van der Waals surface area (Å²) in [7, 11) is 1.59. The molecule has 0 bridgehead atoms. The zero-order valence-electron chi connectivity index (χ0n) is 17.7. The zero-order chi connectivity index (χ0) is 22.1. The van der Waals surface area contributed by atoms with E-state index in [1.54, 1.807) is 30.6 Å². The van der Waals surface area contributed by atoms with Gasteiger partial charge in [-0.3, -0.25) is 4.79 Å². The van der Waals surface area contributed by atoms with E-state index >= 15 is 0 Å². The number of benzene rings is 2. The molecule has 5 rings (SSSR count). The van der Waals surface area contributed by atoms with Crippen molar-refractivity contribution < 1.29 is 19.0 Å². The van der Waals surface area contributed by atoms with Crippen LogP contribution in [0.15, 0.2) is 36.4 Å². The number of methoxy groups -OCH3 is 1. The Morgan fingerprint density at radius 3 is 2.84 bits per heavy atom. The van der Waals surface area contributed by atoms with Crippen LogP contribution in [0.2, 0.25) is 5.02 Å². The highest BCUT2D eigenvalue weighted by molar-refractivity contribution is 7.18. The minimum atomic E-state index is 0.00777. The Kier molecular flexibility index (Phi) is 5.93. The van der Waals surface area contributed by atoms with Gasteiger partial charge in [-0.1, -0.05) is 11.6 Å². The maximum atomic E-state index is 12.8. The summed E-state index contributed by atoms with van der Waals surface area (Å²) in [4.78, 5) is 19.4. The predicted molar refractivity (Wildman–Crippen MR) is 126 cm³/mol. The fourth-order valence-electron chi connectivity index (χ4n) is 4.10. The third-order valence-corrected chi connectivity index (χ3v) is 7.22. The van der Waals surface area contributed by atoms with Crippen molar-refractivity contribution in [1.82, 2.24) is 9.88 Å². The van der Waals surface area contributed by atoms with Crippen LogP contribution >= 0.6 is 22.9 Å². The van der Waals surface area contributed by atoms with Crippen molar-refractivity contribution in [2.45, 2.75) is 18.8 Å². The summed E-state index contributed by atoms with van der Waals surface area (Å²) in [5.41, 5.74) is 1.79. The van der Waals surface area contributed by atoms with Crippen LogP contribution in [0, 0.1) is 0 Å². The molecule has 8 heteroatoms. The Bertz CT molecular complexity index is 1170. The molecule has 6 nitrogen and oxygen atoms in total. The number of nitrogens with zero attached hydrogens (tertiary/aromatic N) is 2. The van der Waals surface area contributed by atoms with E-state index < -0.39 is 0 Å². The van der Waals surface area contributed by atoms with Gasteiger partial charge in [0.25, 0.3) is 0 Å². The molecule has 1 saturated heterocycles. The molecule has 166 valence electrons. The van der Waals surface area contributed by atoms with Crippen molar-refractivity contribution in [2.75, 3.05) is 33.4 Å². The second kappa shape index (κ2) is 9.00. The summed E-state index contributed by atoms with van der Waals surface area (Å²) < 4.78 is 17.9. The van der Waals surface area contributed by atoms with Crippen LogP contribution in [-0.2, 0) is 4.79 Å². The molecule has 2 aliphatic heterocycles. The number of rotatable bonds is 4. The fourth-order valence-corrected chi connectivity index (χ4v) is 5.39. The SMILES string of the molecule is COc1cc(/C=C/C(=O)N2CCC(c3nc4cc(Cl)ccc4s3)CC2)cc2c1OCCO2. The largest absolute Gasteiger partial charge is 0.493 e. The summed E-state index contributed by atoms with van der Waals surface area (Å²) in [6.45, 7) is 2.43. The third-order valence-electron chi connectivity index (χ3n) is 5.79. The molecule has 0 atom stereocenters. The maximum absolute atomic E-state index is 12.8. The van der Waals surface area contributed by atoms with Crippen LogP contribution in [0.4, 0.5) is 0 Å². The maximum Gasteiger partial charge on any atom is 0.246 e. The van der Waals surface area contributed by atoms with E-state index in [4.69, 9.17) is 30.8 Å². The van der Waals surface area contributed by atoms with E-state index in [-0.39, 0.29) is 5.91 Å². The number of carbonyl (C=O) groups excluding carboxylic acids is 1. The molecular weight excluding hydrogens is 448 g/mol. The molecule has 2 aliphatic rings. The predicted octanol–water partition coefficient (Wildman–Crippen LogP) is 5.15. The molecule has 0 aliphatic carbocycles. The van der Waals surface area contributed by atoms with E-state index in [2.05, 4.69) is 0 Å². The average molecular weight is 471 g/mol. The normalized spacial score (nSPS) is 16.6. The van der Waals surface area contributed by atoms with Crippen molar-refractivity contribution in [3.05, 3.63) is 52.0 Å². The number of fused-ring (bicyclic) bond motifs is 2. The highest BCUT2D eigenvalue weighted by Crippen LogP contribution is 2.40. The summed E-state index contributed by atoms with van der Waals surface area (Å²) in [5.74, 6) is 2.24. The lowest BCUT2D eigenvalue weighted by Crippen LogP contribution is -2.36. The quantitative estimate of drug-likeness (QED) is 0.493. The number of likely N-dealkylation sites (tertiary alicyclic amines) is 1. The Balaban J connectivity index is 1.23. The average Bonchev–Trinajstić information content (AvgIpc) is 3.25. The van der Waals surface area contributed by atoms with Gasteiger partial charge >= 0.3 is 0 Å². The first-order valence-corrected chi connectivity index (χ1v) is 11.8. The van der Waals surface area contributed by atoms with E-state index in [1.807, 2.05) is 35.2 Å². The minimum absolute atomic E-state index is 0.00777. The highest BCUT2D eigenvalue weighted by Gasteiger charge is 2.25. The fraction of sp³-hybridized carbons (Fsp3) is 0.333. The molecule has 2 aromatic carbocycles. The van der Waals surface area contributed by atoms with Gasteiger partial charge in [0, 0.05) is 30.1 Å². The minimum Gasteiger partial charge on any atom is -0.493 e. The first-order valence-electron chi connectivity index (χ1n) is 10.6. The van der Waals surface area contributed by atoms with Crippen LogP contribution in [0.3, 0.4) is 0 Å². The lowest BCUT2D eigenvalue weighted by molar-refractivity contribution is -0.126. The van der Waals surface area contributed by atoms with E-state index in [0.717, 1.165) is 46.7 Å². The highest BCUT2D eigenvalue weighted by atomic mass is 35.5. The molecular formula is C24H23ClN2O4S. The van der Waals surface area contributed by atoms with Gasteiger partial charge < -0.3 is 19.1 Å². The van der Waals surface area contributed by atoms with Crippen molar-refractivity contribution in [3.63, 3.8) is 0 Å². The number of halogens is 1. The van der Waals surface area contributed by atoms with Crippen LogP contribution in [0.25, 0.3) is 16.3 Å². The second-order valence-corrected chi connectivity index (χ2v) is 9.34. The Morgan fingerprint density at radius 1 is 1.22 bits per heavy atom. The van der Waals surface area contributed by atoms with Crippen molar-refractivity contribution in [2.24, 2.45) is 0 Å². The van der Waals surface area contributed by atoms with Crippen LogP contribution in [0.5, 0.6) is 17.2 Å². The van der Waals surface area contributed by atoms with Gasteiger partial charge in [-0.2, -0.15) is 0 Å². The van der Waals surface area contributed by atoms with E-state index in [1.165, 1.54) is 0 Å². The molecule has 0 spiro atoms. The number of carbonyl (C=O) groups is 1. The van der Waals surface area contributed by atoms with Crippen LogP contribution in [0.1, 0.15) is 29.3 Å². The van der Waals surface area contributed by atoms with Gasteiger partial charge in [0.1, 0.15) is 13.2 Å². The Morgan fingerprint density at radius 2 is 2.03 bits per heavy atom. The number of thiazole rings is 1. The second-order valence-electron chi connectivity index (χ2n) is 7.84. The molecule has 3 heterocycles. The number of ether oxygens (including phenoxy) is 3. The lowest BCUT2D eigenvalue weighted by atomic mass is 9.97. The van der Waals surface area contributed by atoms with Crippen LogP contribution in [-0.4, -0.2) is 49.2 Å². The van der Waals surface area contributed by atoms with Gasteiger partial charge in [0.15, 0.2) is 11.5 Å². The first-order chi connectivity index (χ1) is 15.6. The standard InChI is InChI=1S/C24H23ClN2O4S/c1-29-19-12-15(13-20-23(19)31-11-10-30-20)2-5-22(28)27-8-6-16(7-9-27)24-26-18-14-17(25)3-4-21(18)32-24/h2-5,12-14,16H,6-11H2,1H3/b5-2+. The van der Waals surface area contributed by atoms with Crippen LogP contribution < -0.4 is 14.2 Å². The molecule has 1 fully saturated rings. The van der Waals surface area contributed by atoms with E-state index in [0.29, 0.717) is 41.4 Å². The lowest BCUT2D eigenvalue weighted by Gasteiger charge is -2.30. The smallest absolute Gasteiger partial charge is 0.246 e. The van der Waals surface area contributed by atoms with Crippen molar-refractivity contribution >= 4 is 45.1 Å². The Labute approximate surface area is 195 Å².